The predicted octanol–water partition coefficient (Wildman–Crippen LogP) is 2.51. The molecule has 1 aliphatic rings. The molecule has 0 amide bonds. The summed E-state index contributed by atoms with van der Waals surface area (Å²) >= 11 is 5.58. The number of alkyl halides is 3. The maximum atomic E-state index is 12.5. The van der Waals surface area contributed by atoms with E-state index in [2.05, 4.69) is 20.2 Å². The van der Waals surface area contributed by atoms with Crippen molar-refractivity contribution in [3.05, 3.63) is 17.0 Å². The van der Waals surface area contributed by atoms with Crippen LogP contribution in [-0.4, -0.2) is 41.5 Å². The van der Waals surface area contributed by atoms with Gasteiger partial charge in [-0.2, -0.15) is 13.2 Å². The molecule has 19 heavy (non-hydrogen) atoms. The number of aromatic nitrogens is 2. The SMILES string of the molecule is CN1CCC(CNc2cc(Cl)nc(C(F)(F)F)n2)C1. The van der Waals surface area contributed by atoms with Gasteiger partial charge < -0.3 is 10.2 Å². The molecule has 4 nitrogen and oxygen atoms in total. The summed E-state index contributed by atoms with van der Waals surface area (Å²) in [6.45, 7) is 2.51. The molecule has 1 N–H and O–H groups in total. The van der Waals surface area contributed by atoms with E-state index in [9.17, 15) is 13.2 Å². The third kappa shape index (κ3) is 3.94. The van der Waals surface area contributed by atoms with E-state index in [1.165, 1.54) is 6.07 Å². The summed E-state index contributed by atoms with van der Waals surface area (Å²) in [6.07, 6.45) is -3.57. The van der Waals surface area contributed by atoms with E-state index < -0.39 is 12.0 Å². The Kier molecular flexibility index (Phi) is 4.15. The van der Waals surface area contributed by atoms with Crippen LogP contribution in [0.3, 0.4) is 0 Å². The fraction of sp³-hybridized carbons (Fsp3) is 0.636. The lowest BCUT2D eigenvalue weighted by atomic mass is 10.1. The number of nitrogens with zero attached hydrogens (tertiary/aromatic N) is 3. The van der Waals surface area contributed by atoms with Crippen LogP contribution in [0.15, 0.2) is 6.07 Å². The van der Waals surface area contributed by atoms with Crippen LogP contribution in [0.1, 0.15) is 12.2 Å². The largest absolute Gasteiger partial charge is 0.451 e. The maximum absolute atomic E-state index is 12.5. The molecular weight excluding hydrogens is 281 g/mol. The van der Waals surface area contributed by atoms with Crippen LogP contribution in [0.25, 0.3) is 0 Å². The molecule has 0 aliphatic carbocycles. The van der Waals surface area contributed by atoms with E-state index in [0.29, 0.717) is 12.5 Å². The molecule has 1 saturated heterocycles. The number of rotatable bonds is 3. The molecule has 2 heterocycles. The quantitative estimate of drug-likeness (QED) is 0.870. The molecule has 106 valence electrons. The zero-order valence-electron chi connectivity index (χ0n) is 10.3. The van der Waals surface area contributed by atoms with Crippen LogP contribution in [0, 0.1) is 5.92 Å². The van der Waals surface area contributed by atoms with Crippen molar-refractivity contribution in [3.8, 4) is 0 Å². The van der Waals surface area contributed by atoms with Crippen LogP contribution in [0.2, 0.25) is 5.15 Å². The zero-order chi connectivity index (χ0) is 14.0. The summed E-state index contributed by atoms with van der Waals surface area (Å²) in [6, 6.07) is 1.30. The van der Waals surface area contributed by atoms with Gasteiger partial charge in [-0.3, -0.25) is 0 Å². The molecule has 1 aliphatic heterocycles. The lowest BCUT2D eigenvalue weighted by Gasteiger charge is -2.13. The second-order valence-corrected chi connectivity index (χ2v) is 5.08. The molecular formula is C11H14ClF3N4. The van der Waals surface area contributed by atoms with Gasteiger partial charge in [0.1, 0.15) is 11.0 Å². The van der Waals surface area contributed by atoms with E-state index in [0.717, 1.165) is 19.5 Å². The number of hydrogen-bond acceptors (Lipinski definition) is 4. The van der Waals surface area contributed by atoms with Crippen molar-refractivity contribution in [1.29, 1.82) is 0 Å². The number of halogens is 4. The third-order valence-electron chi connectivity index (χ3n) is 3.01. The normalized spacial score (nSPS) is 20.8. The van der Waals surface area contributed by atoms with Crippen LogP contribution in [0.5, 0.6) is 0 Å². The lowest BCUT2D eigenvalue weighted by molar-refractivity contribution is -0.144. The first kappa shape index (κ1) is 14.3. The monoisotopic (exact) mass is 294 g/mol. The zero-order valence-corrected chi connectivity index (χ0v) is 11.1. The summed E-state index contributed by atoms with van der Waals surface area (Å²) in [4.78, 5) is 8.80. The molecule has 0 aromatic carbocycles. The summed E-state index contributed by atoms with van der Waals surface area (Å²) in [5.74, 6) is -0.694. The average Bonchev–Trinajstić information content (AvgIpc) is 2.71. The molecule has 8 heteroatoms. The Morgan fingerprint density at radius 1 is 1.47 bits per heavy atom. The molecule has 0 spiro atoms. The minimum Gasteiger partial charge on any atom is -0.370 e. The number of nitrogens with one attached hydrogen (secondary N) is 1. The standard InChI is InChI=1S/C11H14ClF3N4/c1-19-3-2-7(6-19)5-16-9-4-8(12)17-10(18-9)11(13,14)15/h4,7H,2-3,5-6H2,1H3,(H,16,17,18). The highest BCUT2D eigenvalue weighted by molar-refractivity contribution is 6.29. The number of likely N-dealkylation sites (tertiary alicyclic amines) is 1. The van der Waals surface area contributed by atoms with Crippen molar-refractivity contribution < 1.29 is 13.2 Å². The van der Waals surface area contributed by atoms with Crippen LogP contribution in [0.4, 0.5) is 19.0 Å². The van der Waals surface area contributed by atoms with Gasteiger partial charge in [-0.05, 0) is 25.9 Å². The molecule has 0 saturated carbocycles. The number of anilines is 1. The first-order valence-corrected chi connectivity index (χ1v) is 6.26. The van der Waals surface area contributed by atoms with Gasteiger partial charge in [-0.1, -0.05) is 11.6 Å². The van der Waals surface area contributed by atoms with Crippen molar-refractivity contribution in [2.75, 3.05) is 32.0 Å². The van der Waals surface area contributed by atoms with Gasteiger partial charge in [0.25, 0.3) is 0 Å². The van der Waals surface area contributed by atoms with E-state index in [4.69, 9.17) is 11.6 Å². The van der Waals surface area contributed by atoms with E-state index in [1.807, 2.05) is 7.05 Å². The first-order valence-electron chi connectivity index (χ1n) is 5.89. The number of hydrogen-bond donors (Lipinski definition) is 1. The minimum absolute atomic E-state index is 0.113. The highest BCUT2D eigenvalue weighted by Crippen LogP contribution is 2.28. The van der Waals surface area contributed by atoms with Gasteiger partial charge in [0.15, 0.2) is 0 Å². The molecule has 1 unspecified atom stereocenters. The Labute approximate surface area is 114 Å². The highest BCUT2D eigenvalue weighted by atomic mass is 35.5. The molecule has 1 atom stereocenters. The second-order valence-electron chi connectivity index (χ2n) is 4.70. The summed E-state index contributed by atoms with van der Waals surface area (Å²) in [5.41, 5.74) is 0. The Balaban J connectivity index is 2.02. The lowest BCUT2D eigenvalue weighted by Crippen LogP contribution is -2.20. The summed E-state index contributed by atoms with van der Waals surface area (Å²) in [5, 5.41) is 2.68. The van der Waals surface area contributed by atoms with Crippen LogP contribution < -0.4 is 5.32 Å². The Morgan fingerprint density at radius 3 is 2.79 bits per heavy atom. The van der Waals surface area contributed by atoms with Crippen LogP contribution in [-0.2, 0) is 6.18 Å². The van der Waals surface area contributed by atoms with Crippen molar-refractivity contribution in [2.24, 2.45) is 5.92 Å². The second kappa shape index (κ2) is 5.50. The van der Waals surface area contributed by atoms with Gasteiger partial charge in [0.2, 0.25) is 5.82 Å². The van der Waals surface area contributed by atoms with Crippen molar-refractivity contribution in [2.45, 2.75) is 12.6 Å². The molecule has 1 aromatic rings. The van der Waals surface area contributed by atoms with Gasteiger partial charge in [-0.15, -0.1) is 0 Å². The van der Waals surface area contributed by atoms with Crippen LogP contribution >= 0.6 is 11.6 Å². The first-order chi connectivity index (χ1) is 8.84. The Hall–Kier alpha value is -1.08. The Bertz CT molecular complexity index is 452. The van der Waals surface area contributed by atoms with Gasteiger partial charge in [-0.25, -0.2) is 9.97 Å². The molecule has 0 bridgehead atoms. The summed E-state index contributed by atoms with van der Waals surface area (Å²) in [7, 11) is 2.02. The topological polar surface area (TPSA) is 41.0 Å². The fourth-order valence-corrected chi connectivity index (χ4v) is 2.26. The molecule has 2 rings (SSSR count). The average molecular weight is 295 g/mol. The predicted molar refractivity (Wildman–Crippen MR) is 66.1 cm³/mol. The smallest absolute Gasteiger partial charge is 0.370 e. The molecule has 0 radical (unpaired) electrons. The maximum Gasteiger partial charge on any atom is 0.451 e. The summed E-state index contributed by atoms with van der Waals surface area (Å²) < 4.78 is 37.6. The Morgan fingerprint density at radius 2 is 2.21 bits per heavy atom. The van der Waals surface area contributed by atoms with Crippen molar-refractivity contribution in [3.63, 3.8) is 0 Å². The van der Waals surface area contributed by atoms with E-state index in [1.54, 1.807) is 0 Å². The fourth-order valence-electron chi connectivity index (χ4n) is 2.08. The van der Waals surface area contributed by atoms with Crippen molar-refractivity contribution in [1.82, 2.24) is 14.9 Å². The van der Waals surface area contributed by atoms with E-state index >= 15 is 0 Å². The third-order valence-corrected chi connectivity index (χ3v) is 3.20. The van der Waals surface area contributed by atoms with Gasteiger partial charge in [0.05, 0.1) is 0 Å². The minimum atomic E-state index is -4.59. The highest BCUT2D eigenvalue weighted by Gasteiger charge is 2.35. The van der Waals surface area contributed by atoms with Gasteiger partial charge in [0, 0.05) is 19.2 Å². The van der Waals surface area contributed by atoms with E-state index in [-0.39, 0.29) is 11.0 Å². The van der Waals surface area contributed by atoms with Crippen molar-refractivity contribution >= 4 is 17.4 Å². The molecule has 1 aromatic heterocycles. The van der Waals surface area contributed by atoms with Gasteiger partial charge >= 0.3 is 6.18 Å². The molecule has 1 fully saturated rings.